The Balaban J connectivity index is 1.58. The van der Waals surface area contributed by atoms with Crippen LogP contribution in [0.2, 0.25) is 0 Å². The number of piperidine rings is 1. The molecule has 27 heavy (non-hydrogen) atoms. The Bertz CT molecular complexity index is 769. The average molecular weight is 369 g/mol. The first-order valence-corrected chi connectivity index (χ1v) is 9.31. The minimum Gasteiger partial charge on any atom is -0.493 e. The van der Waals surface area contributed by atoms with Crippen molar-refractivity contribution in [2.24, 2.45) is 5.92 Å². The van der Waals surface area contributed by atoms with Gasteiger partial charge >= 0.3 is 0 Å². The number of amides is 1. The molecule has 2 heterocycles. The monoisotopic (exact) mass is 369 g/mol. The van der Waals surface area contributed by atoms with E-state index in [1.807, 2.05) is 29.2 Å². The molecule has 1 N–H and O–H groups in total. The SMILES string of the molecule is COc1ccc(CNc2ccc(C(=O)N3CCC(C)CC3)nc2)cc1OC. The van der Waals surface area contributed by atoms with Crippen LogP contribution in [0, 0.1) is 5.92 Å². The Hall–Kier alpha value is -2.76. The molecule has 0 bridgehead atoms. The van der Waals surface area contributed by atoms with Gasteiger partial charge in [-0.25, -0.2) is 4.98 Å². The molecule has 1 amide bonds. The van der Waals surface area contributed by atoms with Crippen LogP contribution in [-0.2, 0) is 6.54 Å². The minimum atomic E-state index is 0.0216. The number of ether oxygens (including phenoxy) is 2. The lowest BCUT2D eigenvalue weighted by Crippen LogP contribution is -2.38. The van der Waals surface area contributed by atoms with Crippen molar-refractivity contribution < 1.29 is 14.3 Å². The number of nitrogens with zero attached hydrogens (tertiary/aromatic N) is 2. The predicted octanol–water partition coefficient (Wildman–Crippen LogP) is 3.58. The molecule has 1 aliphatic rings. The Morgan fingerprint density at radius 3 is 2.52 bits per heavy atom. The summed E-state index contributed by atoms with van der Waals surface area (Å²) in [6.07, 6.45) is 3.84. The van der Waals surface area contributed by atoms with Gasteiger partial charge in [0.1, 0.15) is 5.69 Å². The third kappa shape index (κ3) is 4.70. The highest BCUT2D eigenvalue weighted by Gasteiger charge is 2.22. The van der Waals surface area contributed by atoms with Crippen LogP contribution in [0.5, 0.6) is 11.5 Å². The highest BCUT2D eigenvalue weighted by atomic mass is 16.5. The zero-order chi connectivity index (χ0) is 19.2. The molecule has 0 spiro atoms. The van der Waals surface area contributed by atoms with Crippen molar-refractivity contribution in [3.8, 4) is 11.5 Å². The molecule has 0 unspecified atom stereocenters. The molecule has 6 nitrogen and oxygen atoms in total. The molecule has 1 aromatic heterocycles. The lowest BCUT2D eigenvalue weighted by molar-refractivity contribution is 0.0691. The predicted molar refractivity (Wildman–Crippen MR) is 105 cm³/mol. The fourth-order valence-electron chi connectivity index (χ4n) is 3.19. The summed E-state index contributed by atoms with van der Waals surface area (Å²) in [6, 6.07) is 9.49. The fourth-order valence-corrected chi connectivity index (χ4v) is 3.19. The van der Waals surface area contributed by atoms with Gasteiger partial charge in [-0.15, -0.1) is 0 Å². The van der Waals surface area contributed by atoms with E-state index in [0.717, 1.165) is 37.2 Å². The molecule has 1 fully saturated rings. The van der Waals surface area contributed by atoms with Crippen molar-refractivity contribution in [3.05, 3.63) is 47.8 Å². The third-order valence-corrected chi connectivity index (χ3v) is 5.00. The summed E-state index contributed by atoms with van der Waals surface area (Å²) in [7, 11) is 3.24. The van der Waals surface area contributed by atoms with Gasteiger partial charge in [0, 0.05) is 19.6 Å². The van der Waals surface area contributed by atoms with Crippen LogP contribution < -0.4 is 14.8 Å². The van der Waals surface area contributed by atoms with Gasteiger partial charge in [0.05, 0.1) is 26.1 Å². The number of carbonyl (C=O) groups is 1. The van der Waals surface area contributed by atoms with Gasteiger partial charge in [0.25, 0.3) is 5.91 Å². The molecule has 3 rings (SSSR count). The zero-order valence-electron chi connectivity index (χ0n) is 16.2. The van der Waals surface area contributed by atoms with Gasteiger partial charge in [0.15, 0.2) is 11.5 Å². The molecule has 1 aromatic carbocycles. The van der Waals surface area contributed by atoms with E-state index < -0.39 is 0 Å². The standard InChI is InChI=1S/C21H27N3O3/c1-15-8-10-24(11-9-15)21(25)18-6-5-17(14-23-18)22-13-16-4-7-19(26-2)20(12-16)27-3/h4-7,12,14-15,22H,8-11,13H2,1-3H3. The smallest absolute Gasteiger partial charge is 0.272 e. The maximum absolute atomic E-state index is 12.5. The highest BCUT2D eigenvalue weighted by Crippen LogP contribution is 2.27. The maximum Gasteiger partial charge on any atom is 0.272 e. The van der Waals surface area contributed by atoms with E-state index in [1.165, 1.54) is 0 Å². The number of nitrogens with one attached hydrogen (secondary N) is 1. The van der Waals surface area contributed by atoms with E-state index in [9.17, 15) is 4.79 Å². The van der Waals surface area contributed by atoms with Crippen molar-refractivity contribution in [2.75, 3.05) is 32.6 Å². The van der Waals surface area contributed by atoms with Crippen molar-refractivity contribution in [2.45, 2.75) is 26.3 Å². The number of hydrogen-bond donors (Lipinski definition) is 1. The van der Waals surface area contributed by atoms with Crippen LogP contribution in [0.25, 0.3) is 0 Å². The summed E-state index contributed by atoms with van der Waals surface area (Å²) in [5, 5.41) is 3.32. The lowest BCUT2D eigenvalue weighted by atomic mass is 9.99. The Kier molecular flexibility index (Phi) is 6.16. The molecule has 0 aliphatic carbocycles. The number of anilines is 1. The maximum atomic E-state index is 12.5. The Labute approximate surface area is 160 Å². The highest BCUT2D eigenvalue weighted by molar-refractivity contribution is 5.92. The molecule has 6 heteroatoms. The van der Waals surface area contributed by atoms with E-state index in [-0.39, 0.29) is 5.91 Å². The van der Waals surface area contributed by atoms with Gasteiger partial charge in [-0.2, -0.15) is 0 Å². The molecule has 2 aromatic rings. The summed E-state index contributed by atoms with van der Waals surface area (Å²) in [6.45, 7) is 4.50. The van der Waals surface area contributed by atoms with E-state index in [4.69, 9.17) is 9.47 Å². The number of carbonyl (C=O) groups excluding carboxylic acids is 1. The van der Waals surface area contributed by atoms with Crippen LogP contribution in [-0.4, -0.2) is 43.1 Å². The van der Waals surface area contributed by atoms with Crippen molar-refractivity contribution in [1.82, 2.24) is 9.88 Å². The molecular formula is C21H27N3O3. The fraction of sp³-hybridized carbons (Fsp3) is 0.429. The number of hydrogen-bond acceptors (Lipinski definition) is 5. The second-order valence-corrected chi connectivity index (χ2v) is 6.95. The van der Waals surface area contributed by atoms with Crippen LogP contribution in [0.4, 0.5) is 5.69 Å². The van der Waals surface area contributed by atoms with Crippen LogP contribution in [0.15, 0.2) is 36.5 Å². The average Bonchev–Trinajstić information content (AvgIpc) is 2.72. The van der Waals surface area contributed by atoms with Gasteiger partial charge in [-0.05, 0) is 48.6 Å². The van der Waals surface area contributed by atoms with Crippen molar-refractivity contribution >= 4 is 11.6 Å². The second-order valence-electron chi connectivity index (χ2n) is 6.95. The third-order valence-electron chi connectivity index (χ3n) is 5.00. The van der Waals surface area contributed by atoms with E-state index >= 15 is 0 Å². The molecular weight excluding hydrogens is 342 g/mol. The number of likely N-dealkylation sites (tertiary alicyclic amines) is 1. The molecule has 1 aliphatic heterocycles. The number of methoxy groups -OCH3 is 2. The minimum absolute atomic E-state index is 0.0216. The number of pyridine rings is 1. The van der Waals surface area contributed by atoms with Gasteiger partial charge in [-0.3, -0.25) is 4.79 Å². The largest absolute Gasteiger partial charge is 0.493 e. The van der Waals surface area contributed by atoms with Crippen molar-refractivity contribution in [3.63, 3.8) is 0 Å². The van der Waals surface area contributed by atoms with Gasteiger partial charge in [0.2, 0.25) is 0 Å². The molecule has 0 radical (unpaired) electrons. The molecule has 1 saturated heterocycles. The summed E-state index contributed by atoms with van der Waals surface area (Å²) >= 11 is 0. The topological polar surface area (TPSA) is 63.7 Å². The van der Waals surface area contributed by atoms with Crippen LogP contribution >= 0.6 is 0 Å². The zero-order valence-corrected chi connectivity index (χ0v) is 16.2. The van der Waals surface area contributed by atoms with Crippen LogP contribution in [0.3, 0.4) is 0 Å². The van der Waals surface area contributed by atoms with Gasteiger partial charge in [-0.1, -0.05) is 13.0 Å². The molecule has 144 valence electrons. The number of aromatic nitrogens is 1. The summed E-state index contributed by atoms with van der Waals surface area (Å²) in [5.74, 6) is 2.13. The molecule has 0 atom stereocenters. The quantitative estimate of drug-likeness (QED) is 0.843. The first-order chi connectivity index (χ1) is 13.1. The van der Waals surface area contributed by atoms with E-state index in [0.29, 0.717) is 29.7 Å². The molecule has 0 saturated carbocycles. The van der Waals surface area contributed by atoms with Crippen molar-refractivity contribution in [1.29, 1.82) is 0 Å². The first-order valence-electron chi connectivity index (χ1n) is 9.31. The summed E-state index contributed by atoms with van der Waals surface area (Å²) < 4.78 is 10.6. The Morgan fingerprint density at radius 1 is 1.15 bits per heavy atom. The van der Waals surface area contributed by atoms with E-state index in [2.05, 4.69) is 17.2 Å². The first kappa shape index (κ1) is 19.0. The summed E-state index contributed by atoms with van der Waals surface area (Å²) in [4.78, 5) is 18.8. The van der Waals surface area contributed by atoms with E-state index in [1.54, 1.807) is 26.5 Å². The van der Waals surface area contributed by atoms with Gasteiger partial charge < -0.3 is 19.7 Å². The number of rotatable bonds is 6. The lowest BCUT2D eigenvalue weighted by Gasteiger charge is -2.30. The summed E-state index contributed by atoms with van der Waals surface area (Å²) in [5.41, 5.74) is 2.44. The second kappa shape index (κ2) is 8.75. The van der Waals surface area contributed by atoms with Crippen LogP contribution in [0.1, 0.15) is 35.8 Å². The number of benzene rings is 1. The normalized spacial score (nSPS) is 14.7. The Morgan fingerprint density at radius 2 is 1.89 bits per heavy atom.